The Morgan fingerprint density at radius 3 is 2.71 bits per heavy atom. The van der Waals surface area contributed by atoms with Crippen LogP contribution in [-0.2, 0) is 10.0 Å². The van der Waals surface area contributed by atoms with Crippen molar-refractivity contribution in [2.75, 3.05) is 38.0 Å². The van der Waals surface area contributed by atoms with Gasteiger partial charge in [0.2, 0.25) is 10.0 Å². The van der Waals surface area contributed by atoms with Crippen molar-refractivity contribution in [2.45, 2.75) is 4.90 Å². The third-order valence-electron chi connectivity index (χ3n) is 2.44. The summed E-state index contributed by atoms with van der Waals surface area (Å²) in [6, 6.07) is 6.83. The van der Waals surface area contributed by atoms with E-state index in [0.717, 1.165) is 11.4 Å². The van der Waals surface area contributed by atoms with Gasteiger partial charge in [0, 0.05) is 32.1 Å². The van der Waals surface area contributed by atoms with Gasteiger partial charge in [0.15, 0.2) is 0 Å². The number of sulfonamides is 1. The minimum Gasteiger partial charge on any atom is -0.388 e. The topological polar surface area (TPSA) is 49.4 Å². The van der Waals surface area contributed by atoms with Crippen LogP contribution in [0.3, 0.4) is 0 Å². The summed E-state index contributed by atoms with van der Waals surface area (Å²) < 4.78 is 25.8. The van der Waals surface area contributed by atoms with Crippen LogP contribution in [0.1, 0.15) is 0 Å². The lowest BCUT2D eigenvalue weighted by atomic mass is 10.3. The first-order chi connectivity index (χ1) is 8.02. The highest BCUT2D eigenvalue weighted by Gasteiger charge is 2.20. The molecule has 17 heavy (non-hydrogen) atoms. The molecule has 0 fully saturated rings. The van der Waals surface area contributed by atoms with E-state index in [9.17, 15) is 8.42 Å². The number of hydrogen-bond donors (Lipinski definition) is 1. The molecule has 0 aliphatic heterocycles. The number of anilines is 1. The molecule has 1 aromatic carbocycles. The molecule has 1 aromatic rings. The predicted octanol–water partition coefficient (Wildman–Crippen LogP) is 1.71. The van der Waals surface area contributed by atoms with Gasteiger partial charge in [-0.1, -0.05) is 6.07 Å². The van der Waals surface area contributed by atoms with E-state index in [-0.39, 0.29) is 0 Å². The van der Waals surface area contributed by atoms with Crippen molar-refractivity contribution in [2.24, 2.45) is 0 Å². The molecule has 0 bridgehead atoms. The fraction of sp³-hybridized carbons (Fsp3) is 0.455. The molecule has 0 aromatic heterocycles. The molecule has 0 spiro atoms. The first kappa shape index (κ1) is 14.3. The molecule has 0 radical (unpaired) electrons. The van der Waals surface area contributed by atoms with Gasteiger partial charge >= 0.3 is 0 Å². The summed E-state index contributed by atoms with van der Waals surface area (Å²) in [5, 5.41) is 2.93. The largest absolute Gasteiger partial charge is 0.388 e. The molecule has 1 rings (SSSR count). The predicted molar refractivity (Wildman–Crippen MR) is 74.2 cm³/mol. The molecule has 0 aliphatic carbocycles. The maximum absolute atomic E-state index is 12.2. The average molecular weight is 274 g/mol. The minimum atomic E-state index is -3.36. The van der Waals surface area contributed by atoms with Gasteiger partial charge in [-0.25, -0.2) is 12.7 Å². The summed E-state index contributed by atoms with van der Waals surface area (Å²) in [6.07, 6.45) is 1.96. The summed E-state index contributed by atoms with van der Waals surface area (Å²) in [7, 11) is 0.0119. The molecule has 0 amide bonds. The fourth-order valence-electron chi connectivity index (χ4n) is 1.33. The van der Waals surface area contributed by atoms with E-state index >= 15 is 0 Å². The first-order valence-corrected chi connectivity index (χ1v) is 8.09. The summed E-state index contributed by atoms with van der Waals surface area (Å²) in [6.45, 7) is 0.521. The molecule has 1 N–H and O–H groups in total. The molecular formula is C11H18N2O2S2. The highest BCUT2D eigenvalue weighted by atomic mass is 32.2. The quantitative estimate of drug-likeness (QED) is 0.858. The SMILES string of the molecule is CNc1cccc(S(=O)(=O)N(C)CCSC)c1. The Hall–Kier alpha value is -0.720. The first-order valence-electron chi connectivity index (χ1n) is 5.25. The van der Waals surface area contributed by atoms with Gasteiger partial charge in [-0.2, -0.15) is 11.8 Å². The Labute approximate surface area is 107 Å². The second kappa shape index (κ2) is 6.28. The molecule has 0 atom stereocenters. The third-order valence-corrected chi connectivity index (χ3v) is 4.88. The van der Waals surface area contributed by atoms with Crippen molar-refractivity contribution in [1.82, 2.24) is 4.31 Å². The standard InChI is InChI=1S/C11H18N2O2S2/c1-12-10-5-4-6-11(9-10)17(14,15)13(2)7-8-16-3/h4-6,9,12H,7-8H2,1-3H3. The molecule has 6 heteroatoms. The molecule has 0 saturated heterocycles. The molecule has 96 valence electrons. The Morgan fingerprint density at radius 2 is 2.12 bits per heavy atom. The van der Waals surface area contributed by atoms with E-state index in [1.807, 2.05) is 12.3 Å². The van der Waals surface area contributed by atoms with E-state index in [0.29, 0.717) is 11.4 Å². The molecular weight excluding hydrogens is 256 g/mol. The molecule has 0 unspecified atom stereocenters. The van der Waals surface area contributed by atoms with Crippen molar-refractivity contribution in [3.05, 3.63) is 24.3 Å². The van der Waals surface area contributed by atoms with Crippen LogP contribution in [0.5, 0.6) is 0 Å². The number of benzene rings is 1. The second-order valence-electron chi connectivity index (χ2n) is 3.60. The van der Waals surface area contributed by atoms with E-state index in [1.54, 1.807) is 44.1 Å². The Morgan fingerprint density at radius 1 is 1.41 bits per heavy atom. The summed E-state index contributed by atoms with van der Waals surface area (Å²) in [5.74, 6) is 0.793. The van der Waals surface area contributed by atoms with E-state index < -0.39 is 10.0 Å². The fourth-order valence-corrected chi connectivity index (χ4v) is 3.12. The van der Waals surface area contributed by atoms with Crippen molar-refractivity contribution >= 4 is 27.5 Å². The van der Waals surface area contributed by atoms with Gasteiger partial charge in [-0.3, -0.25) is 0 Å². The van der Waals surface area contributed by atoms with Crippen molar-refractivity contribution < 1.29 is 8.42 Å². The lowest BCUT2D eigenvalue weighted by Crippen LogP contribution is -2.29. The normalized spacial score (nSPS) is 11.8. The van der Waals surface area contributed by atoms with E-state index in [4.69, 9.17) is 0 Å². The van der Waals surface area contributed by atoms with E-state index in [2.05, 4.69) is 5.32 Å². The van der Waals surface area contributed by atoms with E-state index in [1.165, 1.54) is 4.31 Å². The zero-order chi connectivity index (χ0) is 12.9. The average Bonchev–Trinajstić information content (AvgIpc) is 2.35. The molecule has 0 aliphatic rings. The van der Waals surface area contributed by atoms with Gasteiger partial charge in [0.05, 0.1) is 4.90 Å². The number of nitrogens with one attached hydrogen (secondary N) is 1. The number of rotatable bonds is 6. The number of nitrogens with zero attached hydrogens (tertiary/aromatic N) is 1. The Bertz CT molecular complexity index is 460. The Kier molecular flexibility index (Phi) is 5.30. The van der Waals surface area contributed by atoms with Crippen LogP contribution in [-0.4, -0.2) is 45.4 Å². The number of hydrogen-bond acceptors (Lipinski definition) is 4. The molecule has 0 heterocycles. The van der Waals surface area contributed by atoms with Gasteiger partial charge in [0.25, 0.3) is 0 Å². The van der Waals surface area contributed by atoms with Gasteiger partial charge in [-0.15, -0.1) is 0 Å². The molecule has 4 nitrogen and oxygen atoms in total. The van der Waals surface area contributed by atoms with Crippen LogP contribution in [0, 0.1) is 0 Å². The monoisotopic (exact) mass is 274 g/mol. The summed E-state index contributed by atoms with van der Waals surface area (Å²) >= 11 is 1.63. The highest BCUT2D eigenvalue weighted by molar-refractivity contribution is 7.98. The van der Waals surface area contributed by atoms with Crippen LogP contribution in [0.25, 0.3) is 0 Å². The maximum atomic E-state index is 12.2. The van der Waals surface area contributed by atoms with Crippen LogP contribution >= 0.6 is 11.8 Å². The van der Waals surface area contributed by atoms with Crippen molar-refractivity contribution in [1.29, 1.82) is 0 Å². The van der Waals surface area contributed by atoms with Crippen LogP contribution in [0.2, 0.25) is 0 Å². The zero-order valence-electron chi connectivity index (χ0n) is 10.3. The van der Waals surface area contributed by atoms with Gasteiger partial charge in [-0.05, 0) is 24.5 Å². The number of thioether (sulfide) groups is 1. The third kappa shape index (κ3) is 3.62. The van der Waals surface area contributed by atoms with Crippen molar-refractivity contribution in [3.63, 3.8) is 0 Å². The van der Waals surface area contributed by atoms with Crippen LogP contribution in [0.15, 0.2) is 29.2 Å². The highest BCUT2D eigenvalue weighted by Crippen LogP contribution is 2.18. The van der Waals surface area contributed by atoms with Crippen LogP contribution < -0.4 is 5.32 Å². The summed E-state index contributed by atoms with van der Waals surface area (Å²) in [5.41, 5.74) is 0.796. The van der Waals surface area contributed by atoms with Crippen LogP contribution in [0.4, 0.5) is 5.69 Å². The van der Waals surface area contributed by atoms with Gasteiger partial charge in [0.1, 0.15) is 0 Å². The maximum Gasteiger partial charge on any atom is 0.242 e. The summed E-state index contributed by atoms with van der Waals surface area (Å²) in [4.78, 5) is 0.327. The second-order valence-corrected chi connectivity index (χ2v) is 6.63. The van der Waals surface area contributed by atoms with Crippen molar-refractivity contribution in [3.8, 4) is 0 Å². The molecule has 0 saturated carbocycles. The lowest BCUT2D eigenvalue weighted by molar-refractivity contribution is 0.488. The van der Waals surface area contributed by atoms with Gasteiger partial charge < -0.3 is 5.32 Å². The smallest absolute Gasteiger partial charge is 0.242 e. The minimum absolute atomic E-state index is 0.327. The zero-order valence-corrected chi connectivity index (χ0v) is 11.9. The lowest BCUT2D eigenvalue weighted by Gasteiger charge is -2.17. The Balaban J connectivity index is 2.95.